The van der Waals surface area contributed by atoms with Crippen LogP contribution in [-0.4, -0.2) is 71.0 Å². The Kier molecular flexibility index (Phi) is 12.1. The second kappa shape index (κ2) is 13.7. The first-order chi connectivity index (χ1) is 13.5. The van der Waals surface area contributed by atoms with Gasteiger partial charge in [-0.25, -0.2) is 0 Å². The second-order valence-electron chi connectivity index (χ2n) is 6.15. The van der Waals surface area contributed by atoms with Gasteiger partial charge in [0.05, 0.1) is 6.42 Å². The third kappa shape index (κ3) is 13.4. The van der Waals surface area contributed by atoms with E-state index < -0.39 is 42.3 Å². The molecule has 3 amide bonds. The summed E-state index contributed by atoms with van der Waals surface area (Å²) < 4.78 is 0. The van der Waals surface area contributed by atoms with Gasteiger partial charge in [0.25, 0.3) is 0 Å². The molecule has 13 heteroatoms. The lowest BCUT2D eigenvalue weighted by Crippen LogP contribution is -2.51. The zero-order valence-corrected chi connectivity index (χ0v) is 16.1. The first kappa shape index (κ1) is 25.6. The number of amides is 3. The molecule has 0 aromatic rings. The summed E-state index contributed by atoms with van der Waals surface area (Å²) in [7, 11) is 0. The number of aliphatic imine (C=N–C) groups is 1. The van der Waals surface area contributed by atoms with Crippen LogP contribution in [0.2, 0.25) is 0 Å². The Morgan fingerprint density at radius 3 is 2.14 bits per heavy atom. The molecule has 0 aromatic heterocycles. The van der Waals surface area contributed by atoms with Crippen molar-refractivity contribution >= 4 is 35.6 Å². The molecule has 0 aromatic carbocycles. The molecule has 0 rings (SSSR count). The minimum atomic E-state index is -1.46. The Morgan fingerprint density at radius 1 is 0.966 bits per heavy atom. The third-order valence-corrected chi connectivity index (χ3v) is 3.54. The van der Waals surface area contributed by atoms with E-state index in [1.807, 2.05) is 0 Å². The number of guanidine groups is 1. The van der Waals surface area contributed by atoms with Crippen LogP contribution in [0.5, 0.6) is 0 Å². The largest absolute Gasteiger partial charge is 0.481 e. The molecule has 164 valence electrons. The second-order valence-corrected chi connectivity index (χ2v) is 6.15. The smallest absolute Gasteiger partial charge is 0.325 e. The molecule has 2 atom stereocenters. The molecule has 0 aliphatic carbocycles. The first-order valence-corrected chi connectivity index (χ1v) is 8.89. The van der Waals surface area contributed by atoms with Crippen LogP contribution < -0.4 is 27.4 Å². The highest BCUT2D eigenvalue weighted by Gasteiger charge is 2.26. The normalized spacial score (nSPS) is 12.2. The molecule has 0 saturated carbocycles. The standard InChI is InChI=1S/C16H28N6O7/c1-9(15(28)29)21-14(27)10(8-13(25)26)22-12(24)5-4-11(23)19-6-2-3-7-20-16(17)18/h9-10H,2-8H2,1H3,(H,19,23)(H,21,27)(H,22,24)(H,25,26)(H,28,29)(H4,17,18,20)/t9?,10-/m0/s1. The van der Waals surface area contributed by atoms with Crippen LogP contribution in [0.25, 0.3) is 0 Å². The van der Waals surface area contributed by atoms with E-state index in [1.165, 1.54) is 6.92 Å². The van der Waals surface area contributed by atoms with Crippen molar-refractivity contribution in [1.29, 1.82) is 0 Å². The van der Waals surface area contributed by atoms with Crippen molar-refractivity contribution in [1.82, 2.24) is 16.0 Å². The molecule has 0 radical (unpaired) electrons. The maximum absolute atomic E-state index is 12.0. The van der Waals surface area contributed by atoms with Crippen molar-refractivity contribution in [2.45, 2.75) is 51.1 Å². The first-order valence-electron chi connectivity index (χ1n) is 8.89. The van der Waals surface area contributed by atoms with Gasteiger partial charge in [-0.3, -0.25) is 29.0 Å². The molecule has 0 bridgehead atoms. The molecule has 0 aliphatic heterocycles. The van der Waals surface area contributed by atoms with Crippen molar-refractivity contribution in [3.8, 4) is 0 Å². The van der Waals surface area contributed by atoms with E-state index >= 15 is 0 Å². The molecule has 13 nitrogen and oxygen atoms in total. The Hall–Kier alpha value is -3.38. The fraction of sp³-hybridized carbons (Fsp3) is 0.625. The fourth-order valence-electron chi connectivity index (χ4n) is 2.01. The Bertz CT molecular complexity index is 633. The van der Waals surface area contributed by atoms with Gasteiger partial charge in [0.2, 0.25) is 17.7 Å². The molecular weight excluding hydrogens is 388 g/mol. The topological polar surface area (TPSA) is 226 Å². The summed E-state index contributed by atoms with van der Waals surface area (Å²) in [6, 6.07) is -2.71. The number of carbonyl (C=O) groups excluding carboxylic acids is 3. The average molecular weight is 416 g/mol. The highest BCUT2D eigenvalue weighted by Crippen LogP contribution is 1.98. The number of nitrogens with two attached hydrogens (primary N) is 2. The van der Waals surface area contributed by atoms with Gasteiger partial charge in [-0.2, -0.15) is 0 Å². The molecule has 9 N–H and O–H groups in total. The Balaban J connectivity index is 4.34. The number of hydrogen-bond acceptors (Lipinski definition) is 6. The number of carbonyl (C=O) groups is 5. The van der Waals surface area contributed by atoms with Crippen LogP contribution >= 0.6 is 0 Å². The number of nitrogens with zero attached hydrogens (tertiary/aromatic N) is 1. The maximum atomic E-state index is 12.0. The van der Waals surface area contributed by atoms with Gasteiger partial charge in [-0.05, 0) is 19.8 Å². The summed E-state index contributed by atoms with van der Waals surface area (Å²) in [5.41, 5.74) is 10.4. The van der Waals surface area contributed by atoms with Gasteiger partial charge < -0.3 is 37.6 Å². The quantitative estimate of drug-likeness (QED) is 0.0899. The van der Waals surface area contributed by atoms with E-state index in [9.17, 15) is 24.0 Å². The van der Waals surface area contributed by atoms with Gasteiger partial charge in [-0.1, -0.05) is 0 Å². The minimum Gasteiger partial charge on any atom is -0.481 e. The van der Waals surface area contributed by atoms with E-state index in [2.05, 4.69) is 20.9 Å². The van der Waals surface area contributed by atoms with Gasteiger partial charge in [0.1, 0.15) is 12.1 Å². The van der Waals surface area contributed by atoms with Gasteiger partial charge in [0.15, 0.2) is 5.96 Å². The Labute approximate surface area is 167 Å². The van der Waals surface area contributed by atoms with Crippen LogP contribution in [0, 0.1) is 0 Å². The number of nitrogens with one attached hydrogen (secondary N) is 3. The highest BCUT2D eigenvalue weighted by molar-refractivity contribution is 5.93. The lowest BCUT2D eigenvalue weighted by molar-refractivity contribution is -0.143. The lowest BCUT2D eigenvalue weighted by atomic mass is 10.1. The average Bonchev–Trinajstić information content (AvgIpc) is 2.61. The van der Waals surface area contributed by atoms with Crippen molar-refractivity contribution in [2.75, 3.05) is 13.1 Å². The third-order valence-electron chi connectivity index (χ3n) is 3.54. The Morgan fingerprint density at radius 2 is 1.59 bits per heavy atom. The minimum absolute atomic E-state index is 0.00708. The summed E-state index contributed by atoms with van der Waals surface area (Å²) in [5.74, 6) is -4.72. The van der Waals surface area contributed by atoms with Crippen molar-refractivity contribution < 1.29 is 34.2 Å². The summed E-state index contributed by atoms with van der Waals surface area (Å²) in [5, 5.41) is 24.5. The van der Waals surface area contributed by atoms with Crippen molar-refractivity contribution in [3.63, 3.8) is 0 Å². The number of unbranched alkanes of at least 4 members (excludes halogenated alkanes) is 1. The monoisotopic (exact) mass is 416 g/mol. The zero-order valence-electron chi connectivity index (χ0n) is 16.1. The van der Waals surface area contributed by atoms with Crippen LogP contribution in [-0.2, 0) is 24.0 Å². The molecule has 29 heavy (non-hydrogen) atoms. The number of rotatable bonds is 14. The summed E-state index contributed by atoms with van der Waals surface area (Å²) in [6.45, 7) is 2.01. The van der Waals surface area contributed by atoms with E-state index in [4.69, 9.17) is 21.7 Å². The van der Waals surface area contributed by atoms with Gasteiger partial charge in [0, 0.05) is 25.9 Å². The van der Waals surface area contributed by atoms with Crippen LogP contribution in [0.3, 0.4) is 0 Å². The zero-order chi connectivity index (χ0) is 22.4. The number of carboxylic acids is 2. The summed E-state index contributed by atoms with van der Waals surface area (Å²) >= 11 is 0. The van der Waals surface area contributed by atoms with Crippen molar-refractivity contribution in [2.24, 2.45) is 16.5 Å². The molecule has 0 spiro atoms. The van der Waals surface area contributed by atoms with Crippen LogP contribution in [0.1, 0.15) is 39.0 Å². The van der Waals surface area contributed by atoms with E-state index in [1.54, 1.807) is 0 Å². The van der Waals surface area contributed by atoms with Gasteiger partial charge >= 0.3 is 11.9 Å². The summed E-state index contributed by atoms with van der Waals surface area (Å²) in [6.07, 6.45) is 0.146. The van der Waals surface area contributed by atoms with E-state index in [-0.39, 0.29) is 24.7 Å². The van der Waals surface area contributed by atoms with Crippen molar-refractivity contribution in [3.05, 3.63) is 0 Å². The lowest BCUT2D eigenvalue weighted by Gasteiger charge is -2.18. The van der Waals surface area contributed by atoms with Gasteiger partial charge in [-0.15, -0.1) is 0 Å². The number of hydrogen-bond donors (Lipinski definition) is 7. The highest BCUT2D eigenvalue weighted by atomic mass is 16.4. The number of aliphatic carboxylic acids is 2. The molecule has 1 unspecified atom stereocenters. The fourth-order valence-corrected chi connectivity index (χ4v) is 2.01. The predicted octanol–water partition coefficient (Wildman–Crippen LogP) is -2.51. The van der Waals surface area contributed by atoms with Crippen LogP contribution in [0.4, 0.5) is 0 Å². The number of carboxylic acid groups (broad SMARTS) is 2. The summed E-state index contributed by atoms with van der Waals surface area (Å²) in [4.78, 5) is 61.1. The predicted molar refractivity (Wildman–Crippen MR) is 102 cm³/mol. The molecule has 0 heterocycles. The molecular formula is C16H28N6O7. The SMILES string of the molecule is CC(NC(=O)[C@H](CC(=O)O)NC(=O)CCC(=O)NCCCCN=C(N)N)C(=O)O. The van der Waals surface area contributed by atoms with Crippen LogP contribution in [0.15, 0.2) is 4.99 Å². The molecule has 0 saturated heterocycles. The van der Waals surface area contributed by atoms with E-state index in [0.717, 1.165) is 0 Å². The van der Waals surface area contributed by atoms with E-state index in [0.29, 0.717) is 25.9 Å². The maximum Gasteiger partial charge on any atom is 0.325 e. The molecule has 0 aliphatic rings. The molecule has 0 fully saturated rings.